The van der Waals surface area contributed by atoms with E-state index >= 15 is 0 Å². The van der Waals surface area contributed by atoms with Gasteiger partial charge in [-0.25, -0.2) is 0 Å². The Kier molecular flexibility index (Phi) is 6.13. The van der Waals surface area contributed by atoms with E-state index in [9.17, 15) is 18.0 Å². The lowest BCUT2D eigenvalue weighted by Gasteiger charge is -2.17. The van der Waals surface area contributed by atoms with E-state index < -0.39 is 11.7 Å². The van der Waals surface area contributed by atoms with Gasteiger partial charge in [0.1, 0.15) is 0 Å². The van der Waals surface area contributed by atoms with Crippen LogP contribution in [0.4, 0.5) is 13.2 Å². The van der Waals surface area contributed by atoms with Gasteiger partial charge in [0.2, 0.25) is 5.91 Å². The van der Waals surface area contributed by atoms with Crippen LogP contribution in [0.25, 0.3) is 0 Å². The number of alkyl halides is 3. The van der Waals surface area contributed by atoms with E-state index in [0.29, 0.717) is 18.7 Å². The maximum atomic E-state index is 12.4. The number of carbonyl (C=O) groups excluding carboxylic acids is 1. The molecule has 118 valence electrons. The van der Waals surface area contributed by atoms with Crippen molar-refractivity contribution < 1.29 is 18.0 Å². The van der Waals surface area contributed by atoms with Crippen molar-refractivity contribution >= 4 is 17.7 Å². The van der Waals surface area contributed by atoms with Crippen LogP contribution in [0.5, 0.6) is 0 Å². The first kappa shape index (κ1) is 17.9. The summed E-state index contributed by atoms with van der Waals surface area (Å²) in [5, 5.41) is 2.77. The number of thioether (sulfide) groups is 1. The van der Waals surface area contributed by atoms with Crippen LogP contribution >= 0.6 is 11.8 Å². The molecule has 2 nitrogen and oxygen atoms in total. The molecule has 1 amide bonds. The molecule has 0 atom stereocenters. The van der Waals surface area contributed by atoms with Gasteiger partial charge in [-0.3, -0.25) is 4.79 Å². The second kappa shape index (κ2) is 7.20. The van der Waals surface area contributed by atoms with Crippen LogP contribution in [0.1, 0.15) is 31.9 Å². The first-order valence-electron chi connectivity index (χ1n) is 6.65. The van der Waals surface area contributed by atoms with Crippen molar-refractivity contribution in [2.24, 2.45) is 0 Å². The fourth-order valence-corrected chi connectivity index (χ4v) is 2.21. The normalized spacial score (nSPS) is 12.3. The lowest BCUT2D eigenvalue weighted by molar-refractivity contribution is -0.137. The van der Waals surface area contributed by atoms with E-state index in [2.05, 4.69) is 5.32 Å². The molecule has 1 rings (SSSR count). The van der Waals surface area contributed by atoms with Gasteiger partial charge >= 0.3 is 6.18 Å². The maximum absolute atomic E-state index is 12.4. The zero-order valence-electron chi connectivity index (χ0n) is 12.4. The summed E-state index contributed by atoms with van der Waals surface area (Å²) in [4.78, 5) is 11.6. The van der Waals surface area contributed by atoms with Crippen LogP contribution in [-0.2, 0) is 17.4 Å². The summed E-state index contributed by atoms with van der Waals surface area (Å²) in [6.07, 6.45) is -3.79. The molecule has 1 aromatic rings. The van der Waals surface area contributed by atoms with Crippen molar-refractivity contribution in [3.8, 4) is 0 Å². The quantitative estimate of drug-likeness (QED) is 0.892. The minimum atomic E-state index is -4.31. The number of rotatable bonds is 5. The second-order valence-corrected chi connectivity index (χ2v) is 7.50. The first-order chi connectivity index (χ1) is 9.58. The van der Waals surface area contributed by atoms with E-state index in [4.69, 9.17) is 0 Å². The molecule has 0 bridgehead atoms. The third-order valence-corrected chi connectivity index (χ3v) is 3.93. The number of nitrogens with one attached hydrogen (secondary N) is 1. The van der Waals surface area contributed by atoms with Gasteiger partial charge in [-0.05, 0) is 24.1 Å². The van der Waals surface area contributed by atoms with Gasteiger partial charge in [0, 0.05) is 11.3 Å². The molecule has 0 unspecified atom stereocenters. The van der Waals surface area contributed by atoms with Gasteiger partial charge in [0.15, 0.2) is 0 Å². The largest absolute Gasteiger partial charge is 0.416 e. The minimum absolute atomic E-state index is 0.0325. The lowest BCUT2D eigenvalue weighted by Crippen LogP contribution is -2.28. The Balaban J connectivity index is 2.34. The highest BCUT2D eigenvalue weighted by atomic mass is 32.2. The molecule has 0 aliphatic heterocycles. The van der Waals surface area contributed by atoms with Gasteiger partial charge in [-0.1, -0.05) is 32.9 Å². The van der Waals surface area contributed by atoms with Crippen LogP contribution in [0.15, 0.2) is 24.3 Å². The van der Waals surface area contributed by atoms with Crippen molar-refractivity contribution in [3.63, 3.8) is 0 Å². The minimum Gasteiger partial charge on any atom is -0.355 e. The van der Waals surface area contributed by atoms with Crippen molar-refractivity contribution in [3.05, 3.63) is 35.4 Å². The van der Waals surface area contributed by atoms with Crippen LogP contribution in [0, 0.1) is 0 Å². The highest BCUT2D eigenvalue weighted by Gasteiger charge is 2.29. The van der Waals surface area contributed by atoms with Gasteiger partial charge in [0.25, 0.3) is 0 Å². The van der Waals surface area contributed by atoms with Crippen LogP contribution in [0.3, 0.4) is 0 Å². The number of halogens is 3. The van der Waals surface area contributed by atoms with Crippen molar-refractivity contribution in [1.82, 2.24) is 5.32 Å². The second-order valence-electron chi connectivity index (χ2n) is 5.70. The van der Waals surface area contributed by atoms with Crippen molar-refractivity contribution in [1.29, 1.82) is 0 Å². The smallest absolute Gasteiger partial charge is 0.355 e. The Hall–Kier alpha value is -1.17. The van der Waals surface area contributed by atoms with Gasteiger partial charge in [-0.15, -0.1) is 11.8 Å². The number of carbonyl (C=O) groups is 1. The third-order valence-electron chi connectivity index (χ3n) is 2.65. The zero-order valence-corrected chi connectivity index (χ0v) is 13.2. The summed E-state index contributed by atoms with van der Waals surface area (Å²) >= 11 is 1.56. The zero-order chi connectivity index (χ0) is 16.1. The molecule has 0 heterocycles. The highest BCUT2D eigenvalue weighted by molar-refractivity contribution is 8.01. The summed E-state index contributed by atoms with van der Waals surface area (Å²) in [5.74, 6) is 0.332. The molecule has 0 aliphatic carbocycles. The monoisotopic (exact) mass is 319 g/mol. The predicted molar refractivity (Wildman–Crippen MR) is 80.4 cm³/mol. The third kappa shape index (κ3) is 7.41. The summed E-state index contributed by atoms with van der Waals surface area (Å²) in [6.45, 7) is 6.53. The molecule has 21 heavy (non-hydrogen) atoms. The first-order valence-corrected chi connectivity index (χ1v) is 7.63. The molecule has 0 aromatic heterocycles. The molecule has 0 radical (unpaired) electrons. The molecule has 6 heteroatoms. The Morgan fingerprint density at radius 1 is 1.14 bits per heavy atom. The van der Waals surface area contributed by atoms with E-state index in [-0.39, 0.29) is 10.7 Å². The van der Waals surface area contributed by atoms with Crippen molar-refractivity contribution in [2.75, 3.05) is 12.3 Å². The Labute approximate surface area is 127 Å². The molecule has 0 spiro atoms. The van der Waals surface area contributed by atoms with E-state index in [1.54, 1.807) is 11.8 Å². The summed E-state index contributed by atoms with van der Waals surface area (Å²) in [7, 11) is 0. The van der Waals surface area contributed by atoms with E-state index in [1.165, 1.54) is 12.1 Å². The summed E-state index contributed by atoms with van der Waals surface area (Å²) in [5.41, 5.74) is 0.114. The van der Waals surface area contributed by atoms with Crippen LogP contribution in [-0.4, -0.2) is 23.0 Å². The van der Waals surface area contributed by atoms with E-state index in [0.717, 1.165) is 17.7 Å². The molecule has 0 saturated heterocycles. The SMILES string of the molecule is CC(C)(C)SCC(=O)NCCc1ccc(C(F)(F)F)cc1. The van der Waals surface area contributed by atoms with Crippen LogP contribution < -0.4 is 5.32 Å². The number of benzene rings is 1. The molecule has 1 N–H and O–H groups in total. The van der Waals surface area contributed by atoms with Gasteiger partial charge in [-0.2, -0.15) is 13.2 Å². The molecular formula is C15H20F3NOS. The Bertz CT molecular complexity index is 463. The van der Waals surface area contributed by atoms with Gasteiger partial charge in [0.05, 0.1) is 11.3 Å². The standard InChI is InChI=1S/C15H20F3NOS/c1-14(2,3)21-10-13(20)19-9-8-11-4-6-12(7-5-11)15(16,17)18/h4-7H,8-10H2,1-3H3,(H,19,20). The molecule has 0 saturated carbocycles. The number of hydrogen-bond donors (Lipinski definition) is 1. The maximum Gasteiger partial charge on any atom is 0.416 e. The number of hydrogen-bond acceptors (Lipinski definition) is 2. The fourth-order valence-electron chi connectivity index (χ4n) is 1.54. The summed E-state index contributed by atoms with van der Waals surface area (Å²) in [6, 6.07) is 5.01. The van der Waals surface area contributed by atoms with Gasteiger partial charge < -0.3 is 5.32 Å². The molecular weight excluding hydrogens is 299 g/mol. The summed E-state index contributed by atoms with van der Waals surface area (Å²) < 4.78 is 37.2. The number of amides is 1. The molecule has 0 fully saturated rings. The van der Waals surface area contributed by atoms with Crippen LogP contribution in [0.2, 0.25) is 0 Å². The predicted octanol–water partition coefficient (Wildman–Crippen LogP) is 3.90. The van der Waals surface area contributed by atoms with Crippen molar-refractivity contribution in [2.45, 2.75) is 38.1 Å². The fraction of sp³-hybridized carbons (Fsp3) is 0.533. The average molecular weight is 319 g/mol. The highest BCUT2D eigenvalue weighted by Crippen LogP contribution is 2.29. The molecule has 1 aromatic carbocycles. The average Bonchev–Trinajstić information content (AvgIpc) is 2.35. The Morgan fingerprint density at radius 3 is 2.19 bits per heavy atom. The topological polar surface area (TPSA) is 29.1 Å². The molecule has 0 aliphatic rings. The Morgan fingerprint density at radius 2 is 1.71 bits per heavy atom. The van der Waals surface area contributed by atoms with E-state index in [1.807, 2.05) is 20.8 Å². The lowest BCUT2D eigenvalue weighted by atomic mass is 10.1.